The zero-order valence-corrected chi connectivity index (χ0v) is 26.1. The Morgan fingerprint density at radius 3 is 1.20 bits per heavy atom. The van der Waals surface area contributed by atoms with E-state index in [1.54, 1.807) is 0 Å². The predicted octanol–water partition coefficient (Wildman–Crippen LogP) is 7.63. The zero-order valence-electron chi connectivity index (χ0n) is 26.1. The van der Waals surface area contributed by atoms with Gasteiger partial charge in [-0.2, -0.15) is 52.7 Å². The smallest absolute Gasteiger partial charge is 0.441 e. The van der Waals surface area contributed by atoms with Gasteiger partial charge >= 0.3 is 48.2 Å². The lowest BCUT2D eigenvalue weighted by Gasteiger charge is -2.46. The zero-order chi connectivity index (χ0) is 37.1. The Labute approximate surface area is 251 Å². The van der Waals surface area contributed by atoms with Gasteiger partial charge in [-0.1, -0.05) is 27.7 Å². The van der Waals surface area contributed by atoms with Gasteiger partial charge in [0.15, 0.2) is 5.60 Å². The third-order valence-electron chi connectivity index (χ3n) is 6.94. The van der Waals surface area contributed by atoms with Crippen molar-refractivity contribution in [2.75, 3.05) is 6.61 Å². The topological polar surface area (TPSA) is 99.1 Å². The molecule has 0 spiro atoms. The van der Waals surface area contributed by atoms with Crippen LogP contribution in [0.4, 0.5) is 52.7 Å². The van der Waals surface area contributed by atoms with Crippen molar-refractivity contribution >= 4 is 17.9 Å². The van der Waals surface area contributed by atoms with E-state index in [1.165, 1.54) is 41.5 Å². The first kappa shape index (κ1) is 44.7. The van der Waals surface area contributed by atoms with Gasteiger partial charge in [-0.05, 0) is 54.4 Å². The molecule has 0 saturated carbocycles. The summed E-state index contributed by atoms with van der Waals surface area (Å²) in [6.07, 6.45) is -23.9. The number of carbonyl (C=O) groups excluding carboxylic acids is 3. The molecule has 0 saturated heterocycles. The van der Waals surface area contributed by atoms with E-state index >= 15 is 0 Å². The number of ether oxygens (including phenoxy) is 3. The second kappa shape index (κ2) is 14.1. The number of rotatable bonds is 10. The van der Waals surface area contributed by atoms with Gasteiger partial charge in [0.05, 0.1) is 16.7 Å². The third-order valence-corrected chi connectivity index (χ3v) is 6.94. The number of carbonyl (C=O) groups is 3. The standard InChI is InChI=1S/C16H24F6O4.C10H14F6O3/c1-8-12(4,5)11(24)26-13(6,7)14(15(17,18)19,16(20,21)22)25-10(23)9(2)3;1-4-7(2,3)6(17)19-5-8(18,9(11,12)13)10(14,15)16/h9H,8H2,1-7H3;18H,4-5H2,1-3H3. The molecular formula is C26H38F12O7. The van der Waals surface area contributed by atoms with Crippen molar-refractivity contribution in [1.82, 2.24) is 0 Å². The fraction of sp³-hybridized carbons (Fsp3) is 0.885. The lowest BCUT2D eigenvalue weighted by atomic mass is 9.82. The number of aliphatic hydroxyl groups is 1. The first-order valence-electron chi connectivity index (χ1n) is 13.1. The van der Waals surface area contributed by atoms with E-state index < -0.39 is 82.8 Å². The maximum atomic E-state index is 13.6. The molecular weight excluding hydrogens is 652 g/mol. The Morgan fingerprint density at radius 1 is 0.600 bits per heavy atom. The van der Waals surface area contributed by atoms with Gasteiger partial charge in [-0.15, -0.1) is 0 Å². The summed E-state index contributed by atoms with van der Waals surface area (Å²) in [5.41, 5.74) is -15.9. The molecule has 0 fully saturated rings. The van der Waals surface area contributed by atoms with Gasteiger partial charge in [0, 0.05) is 0 Å². The molecule has 0 amide bonds. The maximum absolute atomic E-state index is 13.6. The third kappa shape index (κ3) is 10.0. The SMILES string of the molecule is CCC(C)(C)C(=O)OC(C)(C)C(OC(=O)C(C)C)(C(F)(F)F)C(F)(F)F.CCC(C)(C)C(=O)OCC(O)(C(F)(F)F)C(F)(F)F. The maximum Gasteiger partial charge on any atom is 0.441 e. The molecule has 0 aliphatic carbocycles. The molecule has 0 aromatic heterocycles. The van der Waals surface area contributed by atoms with Crippen molar-refractivity contribution in [3.63, 3.8) is 0 Å². The molecule has 0 unspecified atom stereocenters. The summed E-state index contributed by atoms with van der Waals surface area (Å²) in [5.74, 6) is -5.51. The van der Waals surface area contributed by atoms with Crippen LogP contribution in [0.25, 0.3) is 0 Å². The van der Waals surface area contributed by atoms with Crippen molar-refractivity contribution in [3.8, 4) is 0 Å². The molecule has 0 aliphatic heterocycles. The number of halogens is 12. The van der Waals surface area contributed by atoms with E-state index in [2.05, 4.69) is 14.2 Å². The molecule has 268 valence electrons. The second-order valence-corrected chi connectivity index (χ2v) is 12.1. The minimum absolute atomic E-state index is 0.110. The summed E-state index contributed by atoms with van der Waals surface area (Å²) in [6, 6.07) is 0. The van der Waals surface area contributed by atoms with Crippen LogP contribution in [0.3, 0.4) is 0 Å². The molecule has 0 atom stereocenters. The van der Waals surface area contributed by atoms with E-state index in [-0.39, 0.29) is 12.8 Å². The van der Waals surface area contributed by atoms with Gasteiger partial charge < -0.3 is 19.3 Å². The summed E-state index contributed by atoms with van der Waals surface area (Å²) in [7, 11) is 0. The van der Waals surface area contributed by atoms with Crippen molar-refractivity contribution in [3.05, 3.63) is 0 Å². The molecule has 0 bridgehead atoms. The highest BCUT2D eigenvalue weighted by Gasteiger charge is 2.82. The van der Waals surface area contributed by atoms with E-state index in [1.807, 2.05) is 0 Å². The lowest BCUT2D eigenvalue weighted by molar-refractivity contribution is -0.408. The van der Waals surface area contributed by atoms with Crippen molar-refractivity contribution in [1.29, 1.82) is 0 Å². The highest BCUT2D eigenvalue weighted by Crippen LogP contribution is 2.54. The quantitative estimate of drug-likeness (QED) is 0.143. The van der Waals surface area contributed by atoms with Crippen LogP contribution in [0, 0.1) is 16.7 Å². The minimum Gasteiger partial charge on any atom is -0.461 e. The number of alkyl halides is 12. The van der Waals surface area contributed by atoms with Gasteiger partial charge in [0.25, 0.3) is 5.60 Å². The molecule has 19 heteroatoms. The van der Waals surface area contributed by atoms with Crippen LogP contribution < -0.4 is 0 Å². The van der Waals surface area contributed by atoms with Gasteiger partial charge in [0.2, 0.25) is 0 Å². The molecule has 7 nitrogen and oxygen atoms in total. The summed E-state index contributed by atoms with van der Waals surface area (Å²) in [6.45, 7) is 9.06. The van der Waals surface area contributed by atoms with Crippen LogP contribution in [-0.2, 0) is 28.6 Å². The van der Waals surface area contributed by atoms with Crippen LogP contribution in [-0.4, -0.2) is 71.1 Å². The largest absolute Gasteiger partial charge is 0.461 e. The normalized spacial score (nSPS) is 14.4. The highest BCUT2D eigenvalue weighted by atomic mass is 19.4. The van der Waals surface area contributed by atoms with Crippen LogP contribution in [0.15, 0.2) is 0 Å². The van der Waals surface area contributed by atoms with Crippen molar-refractivity contribution < 1.29 is 86.4 Å². The number of hydrogen-bond acceptors (Lipinski definition) is 7. The molecule has 1 N–H and O–H groups in total. The lowest BCUT2D eigenvalue weighted by Crippen LogP contribution is -2.72. The fourth-order valence-electron chi connectivity index (χ4n) is 2.77. The molecule has 0 rings (SSSR count). The molecule has 0 aliphatic rings. The summed E-state index contributed by atoms with van der Waals surface area (Å²) in [5, 5.41) is 8.74. The Bertz CT molecular complexity index is 993. The Kier molecular flexibility index (Phi) is 14.0. The van der Waals surface area contributed by atoms with Gasteiger partial charge in [-0.25, -0.2) is 0 Å². The first-order valence-corrected chi connectivity index (χ1v) is 13.1. The highest BCUT2D eigenvalue weighted by molar-refractivity contribution is 5.77. The Morgan fingerprint density at radius 2 is 0.933 bits per heavy atom. The Hall–Kier alpha value is -2.47. The predicted molar refractivity (Wildman–Crippen MR) is 132 cm³/mol. The summed E-state index contributed by atoms with van der Waals surface area (Å²) >= 11 is 0. The first-order chi connectivity index (χ1) is 19.5. The van der Waals surface area contributed by atoms with E-state index in [9.17, 15) is 67.1 Å². The van der Waals surface area contributed by atoms with E-state index in [4.69, 9.17) is 5.11 Å². The average Bonchev–Trinajstić information content (AvgIpc) is 2.81. The minimum atomic E-state index is -6.09. The number of esters is 3. The van der Waals surface area contributed by atoms with Crippen LogP contribution in [0.5, 0.6) is 0 Å². The van der Waals surface area contributed by atoms with E-state index in [0.29, 0.717) is 13.8 Å². The monoisotopic (exact) mass is 690 g/mol. The molecule has 0 aromatic carbocycles. The average molecular weight is 691 g/mol. The van der Waals surface area contributed by atoms with Gasteiger partial charge in [0.1, 0.15) is 6.61 Å². The van der Waals surface area contributed by atoms with Crippen LogP contribution >= 0.6 is 0 Å². The Balaban J connectivity index is 0. The molecule has 0 aromatic rings. The molecule has 45 heavy (non-hydrogen) atoms. The van der Waals surface area contributed by atoms with Crippen molar-refractivity contribution in [2.45, 2.75) is 124 Å². The van der Waals surface area contributed by atoms with Crippen molar-refractivity contribution in [2.24, 2.45) is 16.7 Å². The molecule has 0 radical (unpaired) electrons. The number of hydrogen-bond donors (Lipinski definition) is 1. The summed E-state index contributed by atoms with van der Waals surface area (Å²) < 4.78 is 168. The molecule has 0 heterocycles. The van der Waals surface area contributed by atoms with Crippen LogP contribution in [0.2, 0.25) is 0 Å². The second-order valence-electron chi connectivity index (χ2n) is 12.1. The van der Waals surface area contributed by atoms with Gasteiger partial charge in [-0.3, -0.25) is 14.4 Å². The van der Waals surface area contributed by atoms with Crippen LogP contribution in [0.1, 0.15) is 82.1 Å². The summed E-state index contributed by atoms with van der Waals surface area (Å²) in [4.78, 5) is 35.1. The fourth-order valence-corrected chi connectivity index (χ4v) is 2.77. The van der Waals surface area contributed by atoms with E-state index in [0.717, 1.165) is 13.8 Å².